The number of rotatable bonds is 4. The van der Waals surface area contributed by atoms with Crippen molar-refractivity contribution in [2.45, 2.75) is 19.4 Å². The highest BCUT2D eigenvalue weighted by Gasteiger charge is 2.15. The fourth-order valence-electron chi connectivity index (χ4n) is 2.23. The average molecular weight is 322 g/mol. The molecular formula is C16H17BrFN. The molecule has 2 rings (SSSR count). The van der Waals surface area contributed by atoms with E-state index in [2.05, 4.69) is 52.4 Å². The van der Waals surface area contributed by atoms with Gasteiger partial charge in [-0.2, -0.15) is 0 Å². The first-order valence-corrected chi connectivity index (χ1v) is 7.16. The van der Waals surface area contributed by atoms with E-state index in [1.165, 1.54) is 23.3 Å². The van der Waals surface area contributed by atoms with Gasteiger partial charge in [-0.15, -0.1) is 0 Å². The summed E-state index contributed by atoms with van der Waals surface area (Å²) in [6, 6.07) is 13.3. The molecule has 0 radical (unpaired) electrons. The lowest BCUT2D eigenvalue weighted by molar-refractivity contribution is 0.621. The van der Waals surface area contributed by atoms with Crippen molar-refractivity contribution >= 4 is 15.9 Å². The number of halogens is 2. The van der Waals surface area contributed by atoms with Crippen molar-refractivity contribution in [3.05, 3.63) is 69.4 Å². The Morgan fingerprint density at radius 3 is 2.63 bits per heavy atom. The molecule has 100 valence electrons. The summed E-state index contributed by atoms with van der Waals surface area (Å²) in [6.45, 7) is 2.14. The monoisotopic (exact) mass is 321 g/mol. The molecule has 0 aliphatic heterocycles. The highest BCUT2D eigenvalue weighted by atomic mass is 79.9. The Labute approximate surface area is 122 Å². The summed E-state index contributed by atoms with van der Waals surface area (Å²) < 4.78 is 14.0. The van der Waals surface area contributed by atoms with Crippen molar-refractivity contribution in [1.82, 2.24) is 5.32 Å². The zero-order valence-electron chi connectivity index (χ0n) is 11.1. The molecule has 0 aliphatic rings. The smallest absolute Gasteiger partial charge is 0.124 e. The minimum Gasteiger partial charge on any atom is -0.309 e. The molecule has 0 spiro atoms. The zero-order chi connectivity index (χ0) is 13.8. The Morgan fingerprint density at radius 2 is 2.00 bits per heavy atom. The molecule has 1 N–H and O–H groups in total. The Morgan fingerprint density at radius 1 is 1.21 bits per heavy atom. The van der Waals surface area contributed by atoms with Gasteiger partial charge in [-0.3, -0.25) is 0 Å². The second-order valence-corrected chi connectivity index (χ2v) is 5.34. The van der Waals surface area contributed by atoms with Crippen molar-refractivity contribution in [2.75, 3.05) is 7.05 Å². The van der Waals surface area contributed by atoms with Crippen LogP contribution in [0.4, 0.5) is 4.39 Å². The Kier molecular flexibility index (Phi) is 4.72. The van der Waals surface area contributed by atoms with Crippen LogP contribution in [-0.4, -0.2) is 7.05 Å². The van der Waals surface area contributed by atoms with E-state index in [-0.39, 0.29) is 11.9 Å². The molecule has 2 aromatic rings. The maximum atomic E-state index is 13.2. The standard InChI is InChI=1S/C16H17BrFN/c1-3-11-5-4-6-12(9-11)16(19-2)14-8-7-13(18)10-15(14)17/h4-10,16,19H,3H2,1-2H3. The Bertz CT molecular complexity index is 568. The number of nitrogens with one attached hydrogen (secondary N) is 1. The first-order chi connectivity index (χ1) is 9.15. The molecule has 1 atom stereocenters. The van der Waals surface area contributed by atoms with E-state index in [0.717, 1.165) is 16.5 Å². The third kappa shape index (κ3) is 3.23. The van der Waals surface area contributed by atoms with Crippen molar-refractivity contribution < 1.29 is 4.39 Å². The van der Waals surface area contributed by atoms with Crippen molar-refractivity contribution in [3.63, 3.8) is 0 Å². The van der Waals surface area contributed by atoms with Gasteiger partial charge in [0, 0.05) is 4.47 Å². The lowest BCUT2D eigenvalue weighted by atomic mass is 9.96. The predicted molar refractivity (Wildman–Crippen MR) is 80.8 cm³/mol. The van der Waals surface area contributed by atoms with E-state index in [1.807, 2.05) is 13.1 Å². The van der Waals surface area contributed by atoms with E-state index in [0.29, 0.717) is 0 Å². The third-order valence-electron chi connectivity index (χ3n) is 3.25. The maximum Gasteiger partial charge on any atom is 0.124 e. The van der Waals surface area contributed by atoms with Crippen LogP contribution in [0.25, 0.3) is 0 Å². The molecule has 0 heterocycles. The summed E-state index contributed by atoms with van der Waals surface area (Å²) in [7, 11) is 1.92. The first-order valence-electron chi connectivity index (χ1n) is 6.36. The lowest BCUT2D eigenvalue weighted by Gasteiger charge is -2.19. The topological polar surface area (TPSA) is 12.0 Å². The van der Waals surface area contributed by atoms with Crippen LogP contribution in [0.2, 0.25) is 0 Å². The molecule has 2 aromatic carbocycles. The highest BCUT2D eigenvalue weighted by molar-refractivity contribution is 9.10. The minimum atomic E-state index is -0.229. The number of aryl methyl sites for hydroxylation is 1. The van der Waals surface area contributed by atoms with Crippen LogP contribution in [0.15, 0.2) is 46.9 Å². The van der Waals surface area contributed by atoms with Gasteiger partial charge in [0.2, 0.25) is 0 Å². The molecule has 0 amide bonds. The zero-order valence-corrected chi connectivity index (χ0v) is 12.7. The van der Waals surface area contributed by atoms with Gasteiger partial charge in [0.05, 0.1) is 6.04 Å². The van der Waals surface area contributed by atoms with Gasteiger partial charge in [0.1, 0.15) is 5.82 Å². The Hall–Kier alpha value is -1.19. The molecule has 0 bridgehead atoms. The van der Waals surface area contributed by atoms with Crippen LogP contribution < -0.4 is 5.32 Å². The fraction of sp³-hybridized carbons (Fsp3) is 0.250. The molecule has 0 saturated heterocycles. The molecule has 1 unspecified atom stereocenters. The summed E-state index contributed by atoms with van der Waals surface area (Å²) >= 11 is 3.44. The van der Waals surface area contributed by atoms with E-state index in [9.17, 15) is 4.39 Å². The van der Waals surface area contributed by atoms with E-state index in [1.54, 1.807) is 0 Å². The van der Waals surface area contributed by atoms with Crippen LogP contribution in [-0.2, 0) is 6.42 Å². The third-order valence-corrected chi connectivity index (χ3v) is 3.94. The average Bonchev–Trinajstić information content (AvgIpc) is 2.42. The van der Waals surface area contributed by atoms with E-state index >= 15 is 0 Å². The molecule has 1 nitrogen and oxygen atoms in total. The molecule has 3 heteroatoms. The molecule has 0 aliphatic carbocycles. The van der Waals surface area contributed by atoms with Crippen LogP contribution in [0.3, 0.4) is 0 Å². The van der Waals surface area contributed by atoms with Crippen LogP contribution in [0.5, 0.6) is 0 Å². The SMILES string of the molecule is CCc1cccc(C(NC)c2ccc(F)cc2Br)c1. The molecule has 19 heavy (non-hydrogen) atoms. The van der Waals surface area contributed by atoms with Gasteiger partial charge in [-0.05, 0) is 42.3 Å². The summed E-state index contributed by atoms with van der Waals surface area (Å²) in [4.78, 5) is 0. The molecule has 0 aromatic heterocycles. The summed E-state index contributed by atoms with van der Waals surface area (Å²) in [5, 5.41) is 3.29. The van der Waals surface area contributed by atoms with Gasteiger partial charge in [0.15, 0.2) is 0 Å². The number of hydrogen-bond donors (Lipinski definition) is 1. The van der Waals surface area contributed by atoms with Gasteiger partial charge in [-0.1, -0.05) is 53.2 Å². The molecular weight excluding hydrogens is 305 g/mol. The maximum absolute atomic E-state index is 13.2. The summed E-state index contributed by atoms with van der Waals surface area (Å²) in [5.74, 6) is -0.229. The second-order valence-electron chi connectivity index (χ2n) is 4.49. The second kappa shape index (κ2) is 6.31. The highest BCUT2D eigenvalue weighted by Crippen LogP contribution is 2.29. The van der Waals surface area contributed by atoms with E-state index in [4.69, 9.17) is 0 Å². The van der Waals surface area contributed by atoms with Gasteiger partial charge in [-0.25, -0.2) is 4.39 Å². The number of hydrogen-bond acceptors (Lipinski definition) is 1. The quantitative estimate of drug-likeness (QED) is 0.876. The normalized spacial score (nSPS) is 12.4. The predicted octanol–water partition coefficient (Wildman–Crippen LogP) is 4.46. The van der Waals surface area contributed by atoms with Crippen molar-refractivity contribution in [3.8, 4) is 0 Å². The lowest BCUT2D eigenvalue weighted by Crippen LogP contribution is -2.18. The van der Waals surface area contributed by atoms with Gasteiger partial charge < -0.3 is 5.32 Å². The first kappa shape index (κ1) is 14.2. The minimum absolute atomic E-state index is 0.0569. The summed E-state index contributed by atoms with van der Waals surface area (Å²) in [6.07, 6.45) is 1.01. The fourth-order valence-corrected chi connectivity index (χ4v) is 2.81. The number of benzene rings is 2. The molecule has 0 saturated carbocycles. The van der Waals surface area contributed by atoms with Crippen LogP contribution >= 0.6 is 15.9 Å². The van der Waals surface area contributed by atoms with Crippen molar-refractivity contribution in [1.29, 1.82) is 0 Å². The van der Waals surface area contributed by atoms with Crippen molar-refractivity contribution in [2.24, 2.45) is 0 Å². The van der Waals surface area contributed by atoms with Gasteiger partial charge >= 0.3 is 0 Å². The summed E-state index contributed by atoms with van der Waals surface area (Å²) in [5.41, 5.74) is 3.53. The largest absolute Gasteiger partial charge is 0.309 e. The van der Waals surface area contributed by atoms with Crippen LogP contribution in [0.1, 0.15) is 29.7 Å². The van der Waals surface area contributed by atoms with Crippen LogP contribution in [0, 0.1) is 5.82 Å². The van der Waals surface area contributed by atoms with Gasteiger partial charge in [0.25, 0.3) is 0 Å². The van der Waals surface area contributed by atoms with E-state index < -0.39 is 0 Å². The Balaban J connectivity index is 2.43. The molecule has 0 fully saturated rings.